The summed E-state index contributed by atoms with van der Waals surface area (Å²) in [4.78, 5) is 24.5. The maximum atomic E-state index is 12.5. The summed E-state index contributed by atoms with van der Waals surface area (Å²) in [6, 6.07) is 21.5. The Hall–Kier alpha value is -4.13. The van der Waals surface area contributed by atoms with Gasteiger partial charge in [0.15, 0.2) is 11.5 Å². The number of carbonyl (C=O) groups excluding carboxylic acids is 2. The van der Waals surface area contributed by atoms with E-state index in [0.717, 1.165) is 5.56 Å². The number of aryl methyl sites for hydroxylation is 1. The van der Waals surface area contributed by atoms with Crippen molar-refractivity contribution in [3.05, 3.63) is 89.5 Å². The molecule has 0 fully saturated rings. The Bertz CT molecular complexity index is 1100. The average molecular weight is 447 g/mol. The second-order valence-electron chi connectivity index (χ2n) is 7.04. The van der Waals surface area contributed by atoms with Gasteiger partial charge >= 0.3 is 5.97 Å². The quantitative estimate of drug-likeness (QED) is 0.216. The molecular weight excluding hydrogens is 420 g/mol. The standard InChI is InChI=1S/C26H26N2O5/c1-3-32-24-17-20(18-27-28-25(29)16-10-19-7-5-4-6-8-19)9-15-23(24)33-26(30)21-11-13-22(31-2)14-12-21/h4-9,11-15,17-18H,3,10,16H2,1-2H3,(H,28,29)/b27-18+. The molecule has 0 saturated heterocycles. The second-order valence-corrected chi connectivity index (χ2v) is 7.04. The van der Waals surface area contributed by atoms with Gasteiger partial charge in [-0.05, 0) is 66.9 Å². The molecule has 3 aromatic carbocycles. The molecule has 1 N–H and O–H groups in total. The first-order valence-electron chi connectivity index (χ1n) is 10.6. The summed E-state index contributed by atoms with van der Waals surface area (Å²) >= 11 is 0. The van der Waals surface area contributed by atoms with E-state index in [4.69, 9.17) is 14.2 Å². The third-order valence-electron chi connectivity index (χ3n) is 4.68. The highest BCUT2D eigenvalue weighted by atomic mass is 16.6. The molecule has 0 radical (unpaired) electrons. The number of nitrogens with zero attached hydrogens (tertiary/aromatic N) is 1. The summed E-state index contributed by atoms with van der Waals surface area (Å²) < 4.78 is 16.2. The van der Waals surface area contributed by atoms with E-state index in [2.05, 4.69) is 10.5 Å². The molecule has 0 aliphatic heterocycles. The molecule has 0 unspecified atom stereocenters. The van der Waals surface area contributed by atoms with E-state index in [1.54, 1.807) is 49.6 Å². The lowest BCUT2D eigenvalue weighted by molar-refractivity contribution is -0.121. The fraction of sp³-hybridized carbons (Fsp3) is 0.192. The van der Waals surface area contributed by atoms with Crippen molar-refractivity contribution in [2.75, 3.05) is 13.7 Å². The van der Waals surface area contributed by atoms with Gasteiger partial charge in [0, 0.05) is 6.42 Å². The minimum absolute atomic E-state index is 0.176. The Kier molecular flexibility index (Phi) is 8.59. The molecule has 3 rings (SSSR count). The fourth-order valence-electron chi connectivity index (χ4n) is 2.98. The van der Waals surface area contributed by atoms with Crippen molar-refractivity contribution in [2.45, 2.75) is 19.8 Å². The minimum Gasteiger partial charge on any atom is -0.497 e. The van der Waals surface area contributed by atoms with E-state index in [9.17, 15) is 9.59 Å². The van der Waals surface area contributed by atoms with Crippen LogP contribution in [0.25, 0.3) is 0 Å². The van der Waals surface area contributed by atoms with Crippen LogP contribution in [-0.2, 0) is 11.2 Å². The van der Waals surface area contributed by atoms with Crippen molar-refractivity contribution < 1.29 is 23.8 Å². The van der Waals surface area contributed by atoms with Crippen LogP contribution >= 0.6 is 0 Å². The number of hydrogen-bond acceptors (Lipinski definition) is 6. The Morgan fingerprint density at radius 3 is 2.42 bits per heavy atom. The number of ether oxygens (including phenoxy) is 3. The van der Waals surface area contributed by atoms with Crippen molar-refractivity contribution in [1.82, 2.24) is 5.43 Å². The van der Waals surface area contributed by atoms with Crippen molar-refractivity contribution in [2.24, 2.45) is 5.10 Å². The van der Waals surface area contributed by atoms with Gasteiger partial charge in [0.2, 0.25) is 5.91 Å². The molecule has 0 aliphatic carbocycles. The van der Waals surface area contributed by atoms with Crippen molar-refractivity contribution in [1.29, 1.82) is 0 Å². The molecule has 3 aromatic rings. The molecule has 0 spiro atoms. The molecule has 1 amide bonds. The molecule has 0 bridgehead atoms. The van der Waals surface area contributed by atoms with Gasteiger partial charge in [0.1, 0.15) is 5.75 Å². The third-order valence-corrected chi connectivity index (χ3v) is 4.68. The third kappa shape index (κ3) is 7.21. The fourth-order valence-corrected chi connectivity index (χ4v) is 2.98. The highest BCUT2D eigenvalue weighted by Crippen LogP contribution is 2.29. The monoisotopic (exact) mass is 446 g/mol. The molecule has 0 aliphatic rings. The molecule has 0 saturated carbocycles. The predicted octanol–water partition coefficient (Wildman–Crippen LogP) is 4.40. The van der Waals surface area contributed by atoms with E-state index in [-0.39, 0.29) is 5.91 Å². The lowest BCUT2D eigenvalue weighted by atomic mass is 10.1. The Labute approximate surface area is 193 Å². The van der Waals surface area contributed by atoms with Crippen LogP contribution in [0.4, 0.5) is 0 Å². The van der Waals surface area contributed by atoms with Crippen LogP contribution in [0.3, 0.4) is 0 Å². The van der Waals surface area contributed by atoms with E-state index in [1.807, 2.05) is 37.3 Å². The maximum absolute atomic E-state index is 12.5. The van der Waals surface area contributed by atoms with Gasteiger partial charge in [-0.15, -0.1) is 0 Å². The highest BCUT2D eigenvalue weighted by molar-refractivity contribution is 5.91. The molecule has 0 aromatic heterocycles. The van der Waals surface area contributed by atoms with Crippen LogP contribution in [0.15, 0.2) is 77.9 Å². The van der Waals surface area contributed by atoms with E-state index < -0.39 is 5.97 Å². The number of esters is 1. The van der Waals surface area contributed by atoms with Crippen LogP contribution in [0, 0.1) is 0 Å². The van der Waals surface area contributed by atoms with Crippen LogP contribution in [0.2, 0.25) is 0 Å². The van der Waals surface area contributed by atoms with Crippen LogP contribution in [0.5, 0.6) is 17.2 Å². The molecule has 7 nitrogen and oxygen atoms in total. The molecule has 33 heavy (non-hydrogen) atoms. The number of methoxy groups -OCH3 is 1. The Balaban J connectivity index is 1.60. The zero-order valence-electron chi connectivity index (χ0n) is 18.6. The van der Waals surface area contributed by atoms with Gasteiger partial charge in [0.25, 0.3) is 0 Å². The SMILES string of the molecule is CCOc1cc(/C=N/NC(=O)CCc2ccccc2)ccc1OC(=O)c1ccc(OC)cc1. The zero-order chi connectivity index (χ0) is 23.5. The van der Waals surface area contributed by atoms with Crippen LogP contribution in [0.1, 0.15) is 34.8 Å². The lowest BCUT2D eigenvalue weighted by Gasteiger charge is -2.11. The molecule has 7 heteroatoms. The average Bonchev–Trinajstić information content (AvgIpc) is 2.85. The summed E-state index contributed by atoms with van der Waals surface area (Å²) in [6.45, 7) is 2.23. The van der Waals surface area contributed by atoms with Gasteiger partial charge in [-0.3, -0.25) is 4.79 Å². The summed E-state index contributed by atoms with van der Waals surface area (Å²) in [7, 11) is 1.56. The summed E-state index contributed by atoms with van der Waals surface area (Å²) in [5.41, 5.74) is 4.70. The first-order valence-corrected chi connectivity index (χ1v) is 10.6. The smallest absolute Gasteiger partial charge is 0.343 e. The van der Waals surface area contributed by atoms with Crippen molar-refractivity contribution in [3.63, 3.8) is 0 Å². The van der Waals surface area contributed by atoms with E-state index in [1.165, 1.54) is 6.21 Å². The van der Waals surface area contributed by atoms with Gasteiger partial charge < -0.3 is 14.2 Å². The van der Waals surface area contributed by atoms with Gasteiger partial charge in [-0.1, -0.05) is 30.3 Å². The van der Waals surface area contributed by atoms with Crippen LogP contribution < -0.4 is 19.6 Å². The summed E-state index contributed by atoms with van der Waals surface area (Å²) in [5, 5.41) is 4.01. The number of nitrogens with one attached hydrogen (secondary N) is 1. The lowest BCUT2D eigenvalue weighted by Crippen LogP contribution is -2.17. The van der Waals surface area contributed by atoms with Crippen LogP contribution in [-0.4, -0.2) is 31.8 Å². The van der Waals surface area contributed by atoms with E-state index >= 15 is 0 Å². The van der Waals surface area contributed by atoms with Gasteiger partial charge in [-0.25, -0.2) is 10.2 Å². The van der Waals surface area contributed by atoms with E-state index in [0.29, 0.717) is 47.8 Å². The predicted molar refractivity (Wildman–Crippen MR) is 126 cm³/mol. The highest BCUT2D eigenvalue weighted by Gasteiger charge is 2.13. The van der Waals surface area contributed by atoms with Crippen molar-refractivity contribution >= 4 is 18.1 Å². The molecule has 0 atom stereocenters. The Morgan fingerprint density at radius 2 is 1.73 bits per heavy atom. The number of benzene rings is 3. The largest absolute Gasteiger partial charge is 0.497 e. The number of amides is 1. The molecule has 0 heterocycles. The number of hydrazone groups is 1. The number of carbonyl (C=O) groups is 2. The minimum atomic E-state index is -0.509. The number of rotatable bonds is 10. The maximum Gasteiger partial charge on any atom is 0.343 e. The summed E-state index contributed by atoms with van der Waals surface area (Å²) in [6.07, 6.45) is 2.49. The summed E-state index contributed by atoms with van der Waals surface area (Å²) in [5.74, 6) is 0.661. The zero-order valence-corrected chi connectivity index (χ0v) is 18.6. The second kappa shape index (κ2) is 12.0. The first kappa shape index (κ1) is 23.5. The van der Waals surface area contributed by atoms with Crippen molar-refractivity contribution in [3.8, 4) is 17.2 Å². The van der Waals surface area contributed by atoms with Gasteiger partial charge in [-0.2, -0.15) is 5.10 Å². The molecule has 170 valence electrons. The first-order chi connectivity index (χ1) is 16.1. The number of hydrogen-bond donors (Lipinski definition) is 1. The van der Waals surface area contributed by atoms with Gasteiger partial charge in [0.05, 0.1) is 25.5 Å². The normalized spacial score (nSPS) is 10.6. The Morgan fingerprint density at radius 1 is 0.970 bits per heavy atom. The topological polar surface area (TPSA) is 86.2 Å². The molecular formula is C26H26N2O5.